The van der Waals surface area contributed by atoms with E-state index in [1.165, 1.54) is 0 Å². The van der Waals surface area contributed by atoms with E-state index in [-0.39, 0.29) is 12.5 Å². The molecule has 2 aliphatic heterocycles. The Balaban J connectivity index is 1.85. The van der Waals surface area contributed by atoms with Crippen LogP contribution >= 0.6 is 0 Å². The van der Waals surface area contributed by atoms with E-state index in [4.69, 9.17) is 5.11 Å². The largest absolute Gasteiger partial charge is 0.480 e. The highest BCUT2D eigenvalue weighted by Crippen LogP contribution is 2.19. The number of likely N-dealkylation sites (tertiary alicyclic amines) is 2. The summed E-state index contributed by atoms with van der Waals surface area (Å²) in [7, 11) is 0. The summed E-state index contributed by atoms with van der Waals surface area (Å²) in [6.07, 6.45) is 3.67. The summed E-state index contributed by atoms with van der Waals surface area (Å²) in [6.45, 7) is 4.86. The van der Waals surface area contributed by atoms with Crippen molar-refractivity contribution in [3.05, 3.63) is 0 Å². The van der Waals surface area contributed by atoms with Crippen molar-refractivity contribution >= 4 is 11.9 Å². The van der Waals surface area contributed by atoms with Gasteiger partial charge in [-0.05, 0) is 38.1 Å². The maximum Gasteiger partial charge on any atom is 0.320 e. The maximum atomic E-state index is 12.1. The van der Waals surface area contributed by atoms with Gasteiger partial charge in [-0.3, -0.25) is 14.5 Å². The van der Waals surface area contributed by atoms with Crippen LogP contribution in [0.2, 0.25) is 0 Å². The van der Waals surface area contributed by atoms with Crippen molar-refractivity contribution in [3.8, 4) is 0 Å². The highest BCUT2D eigenvalue weighted by Gasteiger charge is 2.33. The molecule has 0 radical (unpaired) electrons. The van der Waals surface area contributed by atoms with Crippen molar-refractivity contribution in [1.82, 2.24) is 9.80 Å². The number of aliphatic carboxylic acids is 1. The van der Waals surface area contributed by atoms with Gasteiger partial charge in [-0.1, -0.05) is 6.92 Å². The molecule has 0 unspecified atom stereocenters. The molecule has 5 nitrogen and oxygen atoms in total. The molecule has 5 heteroatoms. The van der Waals surface area contributed by atoms with Crippen LogP contribution in [-0.4, -0.2) is 59.0 Å². The normalized spacial score (nSPS) is 26.5. The van der Waals surface area contributed by atoms with Gasteiger partial charge in [-0.15, -0.1) is 0 Å². The van der Waals surface area contributed by atoms with Crippen molar-refractivity contribution in [2.24, 2.45) is 5.92 Å². The van der Waals surface area contributed by atoms with Crippen LogP contribution < -0.4 is 0 Å². The Hall–Kier alpha value is -1.10. The van der Waals surface area contributed by atoms with Gasteiger partial charge in [0.25, 0.3) is 0 Å². The molecule has 0 aliphatic carbocycles. The molecule has 0 spiro atoms. The lowest BCUT2D eigenvalue weighted by atomic mass is 9.99. The maximum absolute atomic E-state index is 12.1. The molecule has 2 heterocycles. The lowest BCUT2D eigenvalue weighted by Gasteiger charge is -2.32. The standard InChI is InChI=1S/C13H22N2O3/c1-10-4-7-14(8-5-10)12(16)9-15-6-2-3-11(15)13(17)18/h10-11H,2-9H2,1H3,(H,17,18)/t11-/m0/s1. The third-order valence-corrected chi connectivity index (χ3v) is 4.12. The van der Waals surface area contributed by atoms with Gasteiger partial charge in [0, 0.05) is 13.1 Å². The monoisotopic (exact) mass is 254 g/mol. The lowest BCUT2D eigenvalue weighted by Crippen LogP contribution is -2.46. The molecule has 0 aromatic rings. The smallest absolute Gasteiger partial charge is 0.320 e. The predicted octanol–water partition coefficient (Wildman–Crippen LogP) is 0.794. The zero-order valence-electron chi connectivity index (χ0n) is 11.0. The van der Waals surface area contributed by atoms with E-state index in [9.17, 15) is 9.59 Å². The van der Waals surface area contributed by atoms with Crippen LogP contribution in [0, 0.1) is 5.92 Å². The molecule has 0 aromatic heterocycles. The second kappa shape index (κ2) is 5.69. The highest BCUT2D eigenvalue weighted by atomic mass is 16.4. The molecule has 102 valence electrons. The second-order valence-corrected chi connectivity index (χ2v) is 5.53. The summed E-state index contributed by atoms with van der Waals surface area (Å²) in [5, 5.41) is 9.08. The molecule has 2 rings (SSSR count). The van der Waals surface area contributed by atoms with E-state index >= 15 is 0 Å². The Morgan fingerprint density at radius 1 is 1.17 bits per heavy atom. The van der Waals surface area contributed by atoms with Crippen LogP contribution in [-0.2, 0) is 9.59 Å². The van der Waals surface area contributed by atoms with Crippen LogP contribution in [0.1, 0.15) is 32.6 Å². The summed E-state index contributed by atoms with van der Waals surface area (Å²) >= 11 is 0. The van der Waals surface area contributed by atoms with Gasteiger partial charge in [-0.25, -0.2) is 0 Å². The molecule has 1 atom stereocenters. The van der Waals surface area contributed by atoms with Crippen LogP contribution in [0.25, 0.3) is 0 Å². The van der Waals surface area contributed by atoms with E-state index < -0.39 is 12.0 Å². The van der Waals surface area contributed by atoms with Gasteiger partial charge >= 0.3 is 5.97 Å². The Labute approximate surface area is 108 Å². The molecular formula is C13H22N2O3. The third-order valence-electron chi connectivity index (χ3n) is 4.12. The number of piperidine rings is 1. The Morgan fingerprint density at radius 3 is 2.44 bits per heavy atom. The summed E-state index contributed by atoms with van der Waals surface area (Å²) in [6, 6.07) is -0.460. The van der Waals surface area contributed by atoms with E-state index in [1.807, 2.05) is 9.80 Å². The first-order valence-electron chi connectivity index (χ1n) is 6.82. The van der Waals surface area contributed by atoms with Gasteiger partial charge < -0.3 is 10.0 Å². The first-order chi connectivity index (χ1) is 8.58. The van der Waals surface area contributed by atoms with Gasteiger partial charge in [0.05, 0.1) is 6.54 Å². The van der Waals surface area contributed by atoms with Gasteiger partial charge in [-0.2, -0.15) is 0 Å². The van der Waals surface area contributed by atoms with E-state index in [0.717, 1.165) is 38.9 Å². The number of hydrogen-bond donors (Lipinski definition) is 1. The molecule has 2 aliphatic rings. The van der Waals surface area contributed by atoms with Crippen LogP contribution in [0.3, 0.4) is 0 Å². The topological polar surface area (TPSA) is 60.9 Å². The molecule has 18 heavy (non-hydrogen) atoms. The number of hydrogen-bond acceptors (Lipinski definition) is 3. The van der Waals surface area contributed by atoms with Crippen molar-refractivity contribution in [2.75, 3.05) is 26.2 Å². The summed E-state index contributed by atoms with van der Waals surface area (Å²) < 4.78 is 0. The van der Waals surface area contributed by atoms with Crippen molar-refractivity contribution < 1.29 is 14.7 Å². The predicted molar refractivity (Wildman–Crippen MR) is 67.2 cm³/mol. The van der Waals surface area contributed by atoms with Crippen LogP contribution in [0.4, 0.5) is 0 Å². The minimum Gasteiger partial charge on any atom is -0.480 e. The number of carbonyl (C=O) groups is 2. The molecule has 1 amide bonds. The van der Waals surface area contributed by atoms with Gasteiger partial charge in [0.15, 0.2) is 0 Å². The lowest BCUT2D eigenvalue weighted by molar-refractivity contribution is -0.143. The van der Waals surface area contributed by atoms with Gasteiger partial charge in [0.2, 0.25) is 5.91 Å². The van der Waals surface area contributed by atoms with E-state index in [1.54, 1.807) is 0 Å². The average Bonchev–Trinajstić information content (AvgIpc) is 2.78. The molecule has 2 saturated heterocycles. The Kier molecular flexibility index (Phi) is 4.22. The second-order valence-electron chi connectivity index (χ2n) is 5.53. The van der Waals surface area contributed by atoms with Crippen molar-refractivity contribution in [1.29, 1.82) is 0 Å². The molecule has 0 saturated carbocycles. The first-order valence-corrected chi connectivity index (χ1v) is 6.82. The fraction of sp³-hybridized carbons (Fsp3) is 0.846. The van der Waals surface area contributed by atoms with E-state index in [0.29, 0.717) is 12.3 Å². The number of nitrogens with zero attached hydrogens (tertiary/aromatic N) is 2. The number of carboxylic acid groups (broad SMARTS) is 1. The van der Waals surface area contributed by atoms with Crippen molar-refractivity contribution in [3.63, 3.8) is 0 Å². The Morgan fingerprint density at radius 2 is 1.83 bits per heavy atom. The fourth-order valence-corrected chi connectivity index (χ4v) is 2.83. The number of rotatable bonds is 3. The number of carboxylic acids is 1. The quantitative estimate of drug-likeness (QED) is 0.809. The minimum absolute atomic E-state index is 0.0926. The average molecular weight is 254 g/mol. The van der Waals surface area contributed by atoms with Crippen LogP contribution in [0.15, 0.2) is 0 Å². The molecular weight excluding hydrogens is 232 g/mol. The van der Waals surface area contributed by atoms with E-state index in [2.05, 4.69) is 6.92 Å². The zero-order chi connectivity index (χ0) is 13.1. The molecule has 0 bridgehead atoms. The highest BCUT2D eigenvalue weighted by molar-refractivity contribution is 5.80. The molecule has 2 fully saturated rings. The summed E-state index contributed by atoms with van der Waals surface area (Å²) in [4.78, 5) is 26.9. The fourth-order valence-electron chi connectivity index (χ4n) is 2.83. The summed E-state index contributed by atoms with van der Waals surface area (Å²) in [5.41, 5.74) is 0. The third kappa shape index (κ3) is 3.02. The molecule has 0 aromatic carbocycles. The van der Waals surface area contributed by atoms with Crippen LogP contribution in [0.5, 0.6) is 0 Å². The minimum atomic E-state index is -0.799. The Bertz CT molecular complexity index is 324. The van der Waals surface area contributed by atoms with Crippen molar-refractivity contribution in [2.45, 2.75) is 38.6 Å². The summed E-state index contributed by atoms with van der Waals surface area (Å²) in [5.74, 6) is -0.00442. The number of carbonyl (C=O) groups excluding carboxylic acids is 1. The van der Waals surface area contributed by atoms with Gasteiger partial charge in [0.1, 0.15) is 6.04 Å². The molecule has 1 N–H and O–H groups in total. The first kappa shape index (κ1) is 13.3. The SMILES string of the molecule is CC1CCN(C(=O)CN2CCC[C@H]2C(=O)O)CC1. The zero-order valence-corrected chi connectivity index (χ0v) is 11.0. The number of amides is 1.